The number of ether oxygens (including phenoxy) is 1. The van der Waals surface area contributed by atoms with E-state index in [1.807, 2.05) is 0 Å². The number of imidazole rings is 1. The standard InChI is InChI=1S/C19H19F4N3O2S/c20-11-8-12(21)18(23)16(17(11)22)10-7-14-13(24-19(29)26(14)9-10)1-2-15(27)25-3-5-28-6-4-25/h8,10H,1-7,9H2,(H,24,29). The second-order valence-electron chi connectivity index (χ2n) is 7.24. The maximum absolute atomic E-state index is 14.2. The molecule has 5 nitrogen and oxygen atoms in total. The van der Waals surface area contributed by atoms with Crippen molar-refractivity contribution in [1.82, 2.24) is 14.5 Å². The highest BCUT2D eigenvalue weighted by atomic mass is 32.1. The molecule has 10 heteroatoms. The summed E-state index contributed by atoms with van der Waals surface area (Å²) in [6.45, 7) is 2.24. The van der Waals surface area contributed by atoms with E-state index >= 15 is 0 Å². The van der Waals surface area contributed by atoms with Gasteiger partial charge in [-0.15, -0.1) is 0 Å². The molecule has 156 valence electrons. The highest BCUT2D eigenvalue weighted by Gasteiger charge is 2.33. The molecule has 0 spiro atoms. The molecule has 1 N–H and O–H groups in total. The number of aryl methyl sites for hydroxylation is 1. The molecule has 2 aliphatic rings. The summed E-state index contributed by atoms with van der Waals surface area (Å²) in [5.41, 5.74) is 0.811. The van der Waals surface area contributed by atoms with E-state index < -0.39 is 34.8 Å². The van der Waals surface area contributed by atoms with Gasteiger partial charge in [0, 0.05) is 55.0 Å². The molecule has 4 rings (SSSR count). The Balaban J connectivity index is 1.53. The Morgan fingerprint density at radius 3 is 2.48 bits per heavy atom. The number of nitrogens with zero attached hydrogens (tertiary/aromatic N) is 2. The highest BCUT2D eigenvalue weighted by Crippen LogP contribution is 2.36. The summed E-state index contributed by atoms with van der Waals surface area (Å²) in [4.78, 5) is 17.1. The van der Waals surface area contributed by atoms with Crippen LogP contribution in [0, 0.1) is 28.0 Å². The molecule has 3 heterocycles. The van der Waals surface area contributed by atoms with Gasteiger partial charge in [-0.25, -0.2) is 17.6 Å². The summed E-state index contributed by atoms with van der Waals surface area (Å²) < 4.78 is 62.9. The van der Waals surface area contributed by atoms with Gasteiger partial charge in [0.05, 0.1) is 13.2 Å². The van der Waals surface area contributed by atoms with E-state index in [0.29, 0.717) is 48.9 Å². The van der Waals surface area contributed by atoms with Gasteiger partial charge in [0.15, 0.2) is 28.0 Å². The van der Waals surface area contributed by atoms with Gasteiger partial charge < -0.3 is 19.2 Å². The zero-order valence-electron chi connectivity index (χ0n) is 15.4. The van der Waals surface area contributed by atoms with Crippen LogP contribution >= 0.6 is 12.2 Å². The van der Waals surface area contributed by atoms with Crippen LogP contribution in [-0.4, -0.2) is 46.7 Å². The van der Waals surface area contributed by atoms with E-state index in [1.165, 1.54) is 0 Å². The van der Waals surface area contributed by atoms with Crippen molar-refractivity contribution in [2.45, 2.75) is 31.7 Å². The summed E-state index contributed by atoms with van der Waals surface area (Å²) in [5, 5.41) is 0. The van der Waals surface area contributed by atoms with E-state index in [1.54, 1.807) is 9.47 Å². The average Bonchev–Trinajstić information content (AvgIpc) is 3.26. The number of hydrogen-bond acceptors (Lipinski definition) is 3. The lowest BCUT2D eigenvalue weighted by Crippen LogP contribution is -2.40. The number of fused-ring (bicyclic) bond motifs is 1. The van der Waals surface area contributed by atoms with Gasteiger partial charge in [0.25, 0.3) is 0 Å². The zero-order chi connectivity index (χ0) is 20.7. The van der Waals surface area contributed by atoms with Crippen molar-refractivity contribution in [3.8, 4) is 0 Å². The van der Waals surface area contributed by atoms with E-state index in [-0.39, 0.29) is 31.4 Å². The van der Waals surface area contributed by atoms with Crippen molar-refractivity contribution in [2.75, 3.05) is 26.3 Å². The number of nitrogens with one attached hydrogen (secondary N) is 1. The first-order valence-electron chi connectivity index (χ1n) is 9.35. The molecule has 0 aliphatic carbocycles. The Morgan fingerprint density at radius 1 is 1.17 bits per heavy atom. The summed E-state index contributed by atoms with van der Waals surface area (Å²) in [6, 6.07) is 0.207. The molecule has 0 radical (unpaired) electrons. The van der Waals surface area contributed by atoms with Crippen LogP contribution in [0.4, 0.5) is 17.6 Å². The third-order valence-electron chi connectivity index (χ3n) is 5.53. The van der Waals surface area contributed by atoms with Crippen molar-refractivity contribution >= 4 is 18.1 Å². The quantitative estimate of drug-likeness (QED) is 0.461. The van der Waals surface area contributed by atoms with Crippen LogP contribution in [0.1, 0.15) is 29.3 Å². The van der Waals surface area contributed by atoms with Crippen LogP contribution in [0.3, 0.4) is 0 Å². The molecule has 1 amide bonds. The number of carbonyl (C=O) groups excluding carboxylic acids is 1. The lowest BCUT2D eigenvalue weighted by Gasteiger charge is -2.26. The van der Waals surface area contributed by atoms with E-state index in [0.717, 1.165) is 0 Å². The first-order valence-corrected chi connectivity index (χ1v) is 9.76. The summed E-state index contributed by atoms with van der Waals surface area (Å²) in [6.07, 6.45) is 0.812. The minimum Gasteiger partial charge on any atom is -0.378 e. The number of halogens is 4. The van der Waals surface area contributed by atoms with Gasteiger partial charge in [-0.1, -0.05) is 0 Å². The number of H-pyrrole nitrogens is 1. The van der Waals surface area contributed by atoms with Gasteiger partial charge in [0.1, 0.15) is 0 Å². The third kappa shape index (κ3) is 3.71. The number of amides is 1. The first-order chi connectivity index (χ1) is 13.9. The number of aromatic amines is 1. The fourth-order valence-electron chi connectivity index (χ4n) is 4.05. The fourth-order valence-corrected chi connectivity index (χ4v) is 4.36. The number of hydrogen-bond donors (Lipinski definition) is 1. The lowest BCUT2D eigenvalue weighted by atomic mass is 9.94. The van der Waals surface area contributed by atoms with Crippen LogP contribution in [-0.2, 0) is 28.9 Å². The predicted octanol–water partition coefficient (Wildman–Crippen LogP) is 3.23. The maximum Gasteiger partial charge on any atom is 0.223 e. The molecule has 1 unspecified atom stereocenters. The molecule has 2 aromatic rings. The van der Waals surface area contributed by atoms with Crippen molar-refractivity contribution < 1.29 is 27.1 Å². The molecule has 1 atom stereocenters. The monoisotopic (exact) mass is 429 g/mol. The van der Waals surface area contributed by atoms with E-state index in [9.17, 15) is 22.4 Å². The van der Waals surface area contributed by atoms with Crippen molar-refractivity contribution in [1.29, 1.82) is 0 Å². The average molecular weight is 429 g/mol. The molecule has 1 saturated heterocycles. The lowest BCUT2D eigenvalue weighted by molar-refractivity contribution is -0.135. The largest absolute Gasteiger partial charge is 0.378 e. The Hall–Kier alpha value is -2.20. The highest BCUT2D eigenvalue weighted by molar-refractivity contribution is 7.71. The molecular weight excluding hydrogens is 410 g/mol. The molecule has 1 aromatic heterocycles. The van der Waals surface area contributed by atoms with Gasteiger partial charge in [0.2, 0.25) is 5.91 Å². The Bertz CT molecular complexity index is 988. The van der Waals surface area contributed by atoms with E-state index in [2.05, 4.69) is 4.98 Å². The number of morpholine rings is 1. The van der Waals surface area contributed by atoms with Crippen LogP contribution in [0.5, 0.6) is 0 Å². The van der Waals surface area contributed by atoms with Crippen LogP contribution in [0.25, 0.3) is 0 Å². The first kappa shape index (κ1) is 20.1. The SMILES string of the molecule is O=C(CCc1[nH]c(=S)n2c1CC(c1c(F)c(F)cc(F)c1F)C2)N1CCOCC1. The Morgan fingerprint density at radius 2 is 1.83 bits per heavy atom. The van der Waals surface area contributed by atoms with Gasteiger partial charge in [-0.05, 0) is 25.1 Å². The molecule has 0 saturated carbocycles. The van der Waals surface area contributed by atoms with E-state index in [4.69, 9.17) is 17.0 Å². The summed E-state index contributed by atoms with van der Waals surface area (Å²) >= 11 is 5.28. The molecule has 0 bridgehead atoms. The summed E-state index contributed by atoms with van der Waals surface area (Å²) in [7, 11) is 0. The molecule has 2 aliphatic heterocycles. The maximum atomic E-state index is 14.2. The third-order valence-corrected chi connectivity index (χ3v) is 5.85. The van der Waals surface area contributed by atoms with Gasteiger partial charge in [-0.3, -0.25) is 4.79 Å². The Labute approximate surface area is 169 Å². The second-order valence-corrected chi connectivity index (χ2v) is 7.63. The normalized spacial score (nSPS) is 18.9. The fraction of sp³-hybridized carbons (Fsp3) is 0.474. The minimum atomic E-state index is -1.42. The van der Waals surface area contributed by atoms with Crippen molar-refractivity contribution in [3.05, 3.63) is 51.1 Å². The topological polar surface area (TPSA) is 50.3 Å². The molecule has 1 aromatic carbocycles. The van der Waals surface area contributed by atoms with Crippen LogP contribution in [0.2, 0.25) is 0 Å². The summed E-state index contributed by atoms with van der Waals surface area (Å²) in [5.74, 6) is -6.38. The van der Waals surface area contributed by atoms with Crippen LogP contribution in [0.15, 0.2) is 6.07 Å². The van der Waals surface area contributed by atoms with Gasteiger partial charge >= 0.3 is 0 Å². The van der Waals surface area contributed by atoms with Crippen molar-refractivity contribution in [3.63, 3.8) is 0 Å². The predicted molar refractivity (Wildman–Crippen MR) is 98.1 cm³/mol. The minimum absolute atomic E-state index is 0.00796. The Kier molecular flexibility index (Phi) is 5.48. The van der Waals surface area contributed by atoms with Crippen LogP contribution < -0.4 is 0 Å². The number of benzene rings is 1. The molecule has 29 heavy (non-hydrogen) atoms. The molecular formula is C19H19F4N3O2S. The van der Waals surface area contributed by atoms with Gasteiger partial charge in [-0.2, -0.15) is 0 Å². The number of rotatable bonds is 4. The smallest absolute Gasteiger partial charge is 0.223 e. The number of aromatic nitrogens is 2. The molecule has 1 fully saturated rings. The second kappa shape index (κ2) is 7.91. The number of carbonyl (C=O) groups is 1. The zero-order valence-corrected chi connectivity index (χ0v) is 16.3. The van der Waals surface area contributed by atoms with Crippen molar-refractivity contribution in [2.24, 2.45) is 0 Å².